The number of allylic oxidation sites excluding steroid dienone is 1. The summed E-state index contributed by atoms with van der Waals surface area (Å²) >= 11 is 0. The molecule has 0 bridgehead atoms. The molecule has 0 radical (unpaired) electrons. The third-order valence-electron chi connectivity index (χ3n) is 3.62. The number of ether oxygens (including phenoxy) is 1. The van der Waals surface area contributed by atoms with E-state index in [1.165, 1.54) is 6.92 Å². The van der Waals surface area contributed by atoms with Gasteiger partial charge in [0.05, 0.1) is 0 Å². The summed E-state index contributed by atoms with van der Waals surface area (Å²) in [7, 11) is 0. The number of aliphatic imine (C=N–C) groups is 1. The molecule has 1 atom stereocenters. The van der Waals surface area contributed by atoms with Gasteiger partial charge in [0.15, 0.2) is 0 Å². The number of alkyl halides is 1. The lowest BCUT2D eigenvalue weighted by atomic mass is 9.89. The van der Waals surface area contributed by atoms with E-state index in [0.717, 1.165) is 48.2 Å². The first-order valence-corrected chi connectivity index (χ1v) is 7.94. The van der Waals surface area contributed by atoms with Crippen LogP contribution in [-0.4, -0.2) is 18.1 Å². The van der Waals surface area contributed by atoms with Gasteiger partial charge in [0.25, 0.3) is 0 Å². The van der Waals surface area contributed by atoms with Crippen molar-refractivity contribution in [3.8, 4) is 5.75 Å². The number of rotatable bonds is 4. The molecule has 1 aromatic rings. The zero-order valence-corrected chi connectivity index (χ0v) is 13.6. The van der Waals surface area contributed by atoms with Crippen LogP contribution in [0.25, 0.3) is 5.70 Å². The first-order valence-electron chi connectivity index (χ1n) is 7.94. The summed E-state index contributed by atoms with van der Waals surface area (Å²) < 4.78 is 18.1. The van der Waals surface area contributed by atoms with E-state index in [2.05, 4.69) is 13.8 Å². The molecule has 1 aliphatic carbocycles. The Morgan fingerprint density at radius 1 is 1.23 bits per heavy atom. The second-order valence-corrected chi connectivity index (χ2v) is 5.96. The average Bonchev–Trinajstić information content (AvgIpc) is 2.46. The van der Waals surface area contributed by atoms with Crippen LogP contribution in [0.3, 0.4) is 0 Å². The average molecular weight is 304 g/mol. The topological polar surface area (TPSA) is 47.6 Å². The summed E-state index contributed by atoms with van der Waals surface area (Å²) in [5.74, 6) is 0.495. The fraction of sp³-hybridized carbons (Fsp3) is 0.500. The fourth-order valence-electron chi connectivity index (χ4n) is 2.73. The third-order valence-corrected chi connectivity index (χ3v) is 3.62. The van der Waals surface area contributed by atoms with Gasteiger partial charge in [0, 0.05) is 29.9 Å². The molecular weight excluding hydrogens is 279 g/mol. The van der Waals surface area contributed by atoms with Gasteiger partial charge in [-0.15, -0.1) is 0 Å². The van der Waals surface area contributed by atoms with Crippen LogP contribution in [0.5, 0.6) is 5.75 Å². The maximum atomic E-state index is 13.0. The second-order valence-electron chi connectivity index (χ2n) is 5.96. The minimum atomic E-state index is -1.34. The number of halogens is 1. The normalized spacial score (nSPS) is 21.0. The molecule has 0 spiro atoms. The molecule has 4 heteroatoms. The van der Waals surface area contributed by atoms with Gasteiger partial charge in [0.2, 0.25) is 6.36 Å². The number of hydrogen-bond donors (Lipinski definition) is 1. The highest BCUT2D eigenvalue weighted by Crippen LogP contribution is 2.28. The van der Waals surface area contributed by atoms with Gasteiger partial charge < -0.3 is 10.5 Å². The van der Waals surface area contributed by atoms with E-state index in [4.69, 9.17) is 15.5 Å². The zero-order chi connectivity index (χ0) is 16.1. The van der Waals surface area contributed by atoms with Crippen molar-refractivity contribution < 1.29 is 9.13 Å². The third kappa shape index (κ3) is 4.33. The molecule has 2 rings (SSSR count). The SMILES string of the molecule is CC(C)N=C1CCCC/C1=C(/N)c1cccc(OC(C)F)c1. The monoisotopic (exact) mass is 304 g/mol. The van der Waals surface area contributed by atoms with Crippen LogP contribution in [0, 0.1) is 0 Å². The van der Waals surface area contributed by atoms with Crippen molar-refractivity contribution in [2.75, 3.05) is 0 Å². The van der Waals surface area contributed by atoms with E-state index in [9.17, 15) is 4.39 Å². The highest BCUT2D eigenvalue weighted by molar-refractivity contribution is 6.06. The Balaban J connectivity index is 2.36. The molecular formula is C18H25FN2O. The summed E-state index contributed by atoms with van der Waals surface area (Å²) in [6.07, 6.45) is 2.88. The molecule has 0 heterocycles. The zero-order valence-electron chi connectivity index (χ0n) is 13.6. The van der Waals surface area contributed by atoms with Crippen molar-refractivity contribution in [2.24, 2.45) is 10.7 Å². The van der Waals surface area contributed by atoms with Gasteiger partial charge in [-0.1, -0.05) is 12.1 Å². The van der Waals surface area contributed by atoms with Crippen LogP contribution >= 0.6 is 0 Å². The Morgan fingerprint density at radius 2 is 1.95 bits per heavy atom. The lowest BCUT2D eigenvalue weighted by molar-refractivity contribution is 0.0860. The van der Waals surface area contributed by atoms with Crippen LogP contribution in [0.1, 0.15) is 52.0 Å². The molecule has 22 heavy (non-hydrogen) atoms. The van der Waals surface area contributed by atoms with Gasteiger partial charge in [-0.2, -0.15) is 0 Å². The van der Waals surface area contributed by atoms with Gasteiger partial charge in [-0.05, 0) is 57.2 Å². The van der Waals surface area contributed by atoms with Crippen molar-refractivity contribution in [3.63, 3.8) is 0 Å². The summed E-state index contributed by atoms with van der Waals surface area (Å²) in [4.78, 5) is 4.72. The molecule has 0 saturated heterocycles. The molecule has 0 aliphatic heterocycles. The lowest BCUT2D eigenvalue weighted by Gasteiger charge is -2.21. The molecule has 3 nitrogen and oxygen atoms in total. The predicted molar refractivity (Wildman–Crippen MR) is 89.8 cm³/mol. The van der Waals surface area contributed by atoms with Crippen molar-refractivity contribution >= 4 is 11.4 Å². The Kier molecular flexibility index (Phi) is 5.58. The molecule has 0 aromatic heterocycles. The van der Waals surface area contributed by atoms with Crippen molar-refractivity contribution in [3.05, 3.63) is 35.4 Å². The quantitative estimate of drug-likeness (QED) is 0.892. The van der Waals surface area contributed by atoms with Crippen LogP contribution < -0.4 is 10.5 Å². The van der Waals surface area contributed by atoms with E-state index < -0.39 is 6.36 Å². The summed E-state index contributed by atoms with van der Waals surface area (Å²) in [5, 5.41) is 0. The van der Waals surface area contributed by atoms with Gasteiger partial charge >= 0.3 is 0 Å². The predicted octanol–water partition coefficient (Wildman–Crippen LogP) is 4.47. The molecule has 1 fully saturated rings. The Bertz CT molecular complexity index is 576. The molecule has 120 valence electrons. The Morgan fingerprint density at radius 3 is 2.64 bits per heavy atom. The van der Waals surface area contributed by atoms with Gasteiger partial charge in [-0.3, -0.25) is 4.99 Å². The fourth-order valence-corrected chi connectivity index (χ4v) is 2.73. The van der Waals surface area contributed by atoms with Crippen molar-refractivity contribution in [1.82, 2.24) is 0 Å². The molecule has 2 N–H and O–H groups in total. The first kappa shape index (κ1) is 16.5. The minimum absolute atomic E-state index is 0.262. The van der Waals surface area contributed by atoms with E-state index in [0.29, 0.717) is 5.75 Å². The van der Waals surface area contributed by atoms with E-state index in [-0.39, 0.29) is 6.04 Å². The summed E-state index contributed by atoms with van der Waals surface area (Å²) in [6.45, 7) is 5.52. The second kappa shape index (κ2) is 7.43. The largest absolute Gasteiger partial charge is 0.461 e. The van der Waals surface area contributed by atoms with Crippen LogP contribution in [0.4, 0.5) is 4.39 Å². The Labute approximate surface area is 132 Å². The van der Waals surface area contributed by atoms with Gasteiger partial charge in [0.1, 0.15) is 5.75 Å². The molecule has 1 aliphatic rings. The van der Waals surface area contributed by atoms with E-state index >= 15 is 0 Å². The van der Waals surface area contributed by atoms with E-state index in [1.807, 2.05) is 12.1 Å². The summed E-state index contributed by atoms with van der Waals surface area (Å²) in [5.41, 5.74) is 10.2. The maximum Gasteiger partial charge on any atom is 0.235 e. The molecule has 0 amide bonds. The van der Waals surface area contributed by atoms with Crippen LogP contribution in [0.15, 0.2) is 34.8 Å². The van der Waals surface area contributed by atoms with Crippen LogP contribution in [-0.2, 0) is 0 Å². The highest BCUT2D eigenvalue weighted by atomic mass is 19.1. The minimum Gasteiger partial charge on any atom is -0.461 e. The molecule has 1 aromatic carbocycles. The number of nitrogens with zero attached hydrogens (tertiary/aromatic N) is 1. The molecule has 1 unspecified atom stereocenters. The van der Waals surface area contributed by atoms with Gasteiger partial charge in [-0.25, -0.2) is 4.39 Å². The number of benzene rings is 1. The lowest BCUT2D eigenvalue weighted by Crippen LogP contribution is -2.16. The van der Waals surface area contributed by atoms with Crippen molar-refractivity contribution in [1.29, 1.82) is 0 Å². The Hall–Kier alpha value is -1.84. The highest BCUT2D eigenvalue weighted by Gasteiger charge is 2.18. The number of nitrogens with two attached hydrogens (primary N) is 1. The molecule has 1 saturated carbocycles. The smallest absolute Gasteiger partial charge is 0.235 e. The van der Waals surface area contributed by atoms with E-state index in [1.54, 1.807) is 12.1 Å². The maximum absolute atomic E-state index is 13.0. The summed E-state index contributed by atoms with van der Waals surface area (Å²) in [6, 6.07) is 7.56. The standard InChI is InChI=1S/C18H25FN2O/c1-12(2)21-17-10-5-4-9-16(17)18(20)14-7-6-8-15(11-14)22-13(3)19/h6-8,11-13H,4-5,9-10,20H2,1-3H3/b18-16-,21-17?. The number of hydrogen-bond acceptors (Lipinski definition) is 3. The van der Waals surface area contributed by atoms with Crippen molar-refractivity contribution in [2.45, 2.75) is 58.9 Å². The first-order chi connectivity index (χ1) is 10.5. The van der Waals surface area contributed by atoms with Crippen LogP contribution in [0.2, 0.25) is 0 Å².